The normalized spacial score (nSPS) is 22.2. The van der Waals surface area contributed by atoms with E-state index in [2.05, 4.69) is 10.3 Å². The average Bonchev–Trinajstić information content (AvgIpc) is 2.73. The minimum Gasteiger partial charge on any atom is -0.377 e. The monoisotopic (exact) mass is 280 g/mol. The molecule has 1 atom stereocenters. The number of rotatable bonds is 3. The minimum atomic E-state index is -1.10. The summed E-state index contributed by atoms with van der Waals surface area (Å²) in [7, 11) is 0. The van der Waals surface area contributed by atoms with Crippen LogP contribution in [0.4, 0.5) is 0 Å². The number of carbonyl (C=O) groups is 1. The van der Waals surface area contributed by atoms with Crippen LogP contribution in [0.1, 0.15) is 25.8 Å². The summed E-state index contributed by atoms with van der Waals surface area (Å²) >= 11 is 5.94. The smallest absolute Gasteiger partial charge is 0.377 e. The molecular formula is C13H13ClN2O3. The van der Waals surface area contributed by atoms with Crippen LogP contribution in [0.2, 0.25) is 5.02 Å². The van der Waals surface area contributed by atoms with Crippen molar-refractivity contribution < 1.29 is 14.5 Å². The van der Waals surface area contributed by atoms with Crippen molar-refractivity contribution in [1.82, 2.24) is 0 Å². The Labute approximate surface area is 115 Å². The molecule has 1 heterocycles. The van der Waals surface area contributed by atoms with Gasteiger partial charge in [-0.3, -0.25) is 0 Å². The van der Waals surface area contributed by atoms with Crippen LogP contribution in [0.3, 0.4) is 0 Å². The Kier molecular flexibility index (Phi) is 3.85. The SMILES string of the molecule is CC1=NOC(C)(C(=O)O/N=C/c2ccccc2Cl)C1. The van der Waals surface area contributed by atoms with Crippen LogP contribution < -0.4 is 0 Å². The highest BCUT2D eigenvalue weighted by Crippen LogP contribution is 2.24. The first-order valence-corrected chi connectivity index (χ1v) is 6.10. The first-order valence-electron chi connectivity index (χ1n) is 5.72. The molecule has 0 aliphatic carbocycles. The molecule has 0 fully saturated rings. The van der Waals surface area contributed by atoms with E-state index in [9.17, 15) is 4.79 Å². The molecule has 0 amide bonds. The summed E-state index contributed by atoms with van der Waals surface area (Å²) in [5.74, 6) is -0.587. The van der Waals surface area contributed by atoms with Gasteiger partial charge in [0.2, 0.25) is 5.60 Å². The third-order valence-corrected chi connectivity index (χ3v) is 3.00. The van der Waals surface area contributed by atoms with E-state index in [0.29, 0.717) is 17.0 Å². The van der Waals surface area contributed by atoms with Crippen molar-refractivity contribution in [2.24, 2.45) is 10.3 Å². The molecule has 1 unspecified atom stereocenters. The Bertz CT molecular complexity index is 557. The van der Waals surface area contributed by atoms with E-state index < -0.39 is 11.6 Å². The maximum Gasteiger partial charge on any atom is 0.381 e. The van der Waals surface area contributed by atoms with E-state index in [-0.39, 0.29) is 0 Å². The van der Waals surface area contributed by atoms with Gasteiger partial charge in [0.05, 0.1) is 11.9 Å². The molecule has 0 bridgehead atoms. The number of hydrogen-bond donors (Lipinski definition) is 0. The van der Waals surface area contributed by atoms with E-state index in [1.807, 2.05) is 6.07 Å². The fourth-order valence-electron chi connectivity index (χ4n) is 1.65. The summed E-state index contributed by atoms with van der Waals surface area (Å²) in [5.41, 5.74) is 0.318. The quantitative estimate of drug-likeness (QED) is 0.486. The lowest BCUT2D eigenvalue weighted by molar-refractivity contribution is -0.167. The van der Waals surface area contributed by atoms with Gasteiger partial charge in [0.1, 0.15) is 0 Å². The molecule has 19 heavy (non-hydrogen) atoms. The maximum atomic E-state index is 11.8. The largest absolute Gasteiger partial charge is 0.381 e. The highest BCUT2D eigenvalue weighted by Gasteiger charge is 2.42. The highest BCUT2D eigenvalue weighted by atomic mass is 35.5. The van der Waals surface area contributed by atoms with Crippen LogP contribution in [0.25, 0.3) is 0 Å². The number of oxime groups is 2. The van der Waals surface area contributed by atoms with Gasteiger partial charge in [0.15, 0.2) is 0 Å². The molecule has 6 heteroatoms. The number of benzene rings is 1. The summed E-state index contributed by atoms with van der Waals surface area (Å²) in [6, 6.07) is 7.11. The van der Waals surface area contributed by atoms with E-state index in [0.717, 1.165) is 5.71 Å². The van der Waals surface area contributed by atoms with Crippen molar-refractivity contribution in [3.8, 4) is 0 Å². The molecule has 0 saturated carbocycles. The second-order valence-corrected chi connectivity index (χ2v) is 4.87. The van der Waals surface area contributed by atoms with Gasteiger partial charge in [-0.1, -0.05) is 40.1 Å². The van der Waals surface area contributed by atoms with Gasteiger partial charge < -0.3 is 9.68 Å². The molecule has 5 nitrogen and oxygen atoms in total. The number of hydrogen-bond acceptors (Lipinski definition) is 5. The van der Waals surface area contributed by atoms with Gasteiger partial charge in [-0.25, -0.2) is 4.79 Å². The Morgan fingerprint density at radius 1 is 1.58 bits per heavy atom. The molecule has 0 spiro atoms. The summed E-state index contributed by atoms with van der Waals surface area (Å²) in [4.78, 5) is 21.7. The Balaban J connectivity index is 1.96. The van der Waals surface area contributed by atoms with Crippen molar-refractivity contribution in [2.45, 2.75) is 25.9 Å². The zero-order valence-electron chi connectivity index (χ0n) is 10.6. The standard InChI is InChI=1S/C13H13ClN2O3/c1-9-7-13(2,19-16-9)12(17)18-15-8-10-5-3-4-6-11(10)14/h3-6,8H,7H2,1-2H3/b15-8+. The second-order valence-electron chi connectivity index (χ2n) is 4.46. The summed E-state index contributed by atoms with van der Waals surface area (Å²) in [6.07, 6.45) is 1.78. The molecule has 100 valence electrons. The number of carbonyl (C=O) groups excluding carboxylic acids is 1. The first kappa shape index (κ1) is 13.5. The Morgan fingerprint density at radius 2 is 2.32 bits per heavy atom. The van der Waals surface area contributed by atoms with Gasteiger partial charge in [0, 0.05) is 17.0 Å². The van der Waals surface area contributed by atoms with E-state index in [4.69, 9.17) is 21.3 Å². The van der Waals surface area contributed by atoms with E-state index >= 15 is 0 Å². The zero-order chi connectivity index (χ0) is 13.9. The maximum absolute atomic E-state index is 11.8. The average molecular weight is 281 g/mol. The third kappa shape index (κ3) is 3.12. The van der Waals surface area contributed by atoms with Crippen LogP contribution in [0.5, 0.6) is 0 Å². The topological polar surface area (TPSA) is 60.2 Å². The van der Waals surface area contributed by atoms with Gasteiger partial charge in [-0.05, 0) is 19.9 Å². The fourth-order valence-corrected chi connectivity index (χ4v) is 1.83. The van der Waals surface area contributed by atoms with E-state index in [1.54, 1.807) is 32.0 Å². The van der Waals surface area contributed by atoms with Crippen molar-refractivity contribution >= 4 is 29.5 Å². The van der Waals surface area contributed by atoms with Gasteiger partial charge in [0.25, 0.3) is 0 Å². The molecule has 1 aromatic rings. The summed E-state index contributed by atoms with van der Waals surface area (Å²) in [5, 5.41) is 7.89. The molecule has 0 radical (unpaired) electrons. The second kappa shape index (κ2) is 5.40. The van der Waals surface area contributed by atoms with Gasteiger partial charge in [-0.2, -0.15) is 0 Å². The van der Waals surface area contributed by atoms with Crippen molar-refractivity contribution in [3.05, 3.63) is 34.9 Å². The summed E-state index contributed by atoms with van der Waals surface area (Å²) in [6.45, 7) is 3.39. The predicted molar refractivity (Wildman–Crippen MR) is 72.4 cm³/mol. The molecule has 0 N–H and O–H groups in total. The van der Waals surface area contributed by atoms with Crippen molar-refractivity contribution in [3.63, 3.8) is 0 Å². The molecule has 2 rings (SSSR count). The zero-order valence-corrected chi connectivity index (χ0v) is 11.3. The molecule has 1 aliphatic rings. The Morgan fingerprint density at radius 3 is 2.95 bits per heavy atom. The molecule has 0 saturated heterocycles. The molecule has 1 aromatic carbocycles. The highest BCUT2D eigenvalue weighted by molar-refractivity contribution is 6.33. The first-order chi connectivity index (χ1) is 9.01. The fraction of sp³-hybridized carbons (Fsp3) is 0.308. The predicted octanol–water partition coefficient (Wildman–Crippen LogP) is 2.77. The van der Waals surface area contributed by atoms with Crippen LogP contribution in [0.15, 0.2) is 34.6 Å². The Hall–Kier alpha value is -1.88. The van der Waals surface area contributed by atoms with Crippen LogP contribution in [0, 0.1) is 0 Å². The molecule has 1 aliphatic heterocycles. The summed E-state index contributed by atoms with van der Waals surface area (Å²) < 4.78 is 0. The molecule has 0 aromatic heterocycles. The van der Waals surface area contributed by atoms with Crippen LogP contribution >= 0.6 is 11.6 Å². The van der Waals surface area contributed by atoms with Gasteiger partial charge in [-0.15, -0.1) is 0 Å². The van der Waals surface area contributed by atoms with Crippen molar-refractivity contribution in [1.29, 1.82) is 0 Å². The van der Waals surface area contributed by atoms with E-state index in [1.165, 1.54) is 6.21 Å². The van der Waals surface area contributed by atoms with Crippen molar-refractivity contribution in [2.75, 3.05) is 0 Å². The number of halogens is 1. The third-order valence-electron chi connectivity index (χ3n) is 2.66. The molecular weight excluding hydrogens is 268 g/mol. The lowest BCUT2D eigenvalue weighted by Gasteiger charge is -2.16. The number of nitrogens with zero attached hydrogens (tertiary/aromatic N) is 2. The van der Waals surface area contributed by atoms with Crippen LogP contribution in [-0.4, -0.2) is 23.5 Å². The lowest BCUT2D eigenvalue weighted by Crippen LogP contribution is -2.36. The van der Waals surface area contributed by atoms with Crippen LogP contribution in [-0.2, 0) is 14.5 Å². The lowest BCUT2D eigenvalue weighted by atomic mass is 10.0. The minimum absolute atomic E-state index is 0.396. The van der Waals surface area contributed by atoms with Gasteiger partial charge >= 0.3 is 5.97 Å².